The Kier molecular flexibility index (Phi) is 5.71. The van der Waals surface area contributed by atoms with Crippen molar-refractivity contribution in [3.63, 3.8) is 0 Å². The summed E-state index contributed by atoms with van der Waals surface area (Å²) in [7, 11) is 1.26. The average molecular weight is 293 g/mol. The summed E-state index contributed by atoms with van der Waals surface area (Å²) in [6.45, 7) is 3.54. The third-order valence-electron chi connectivity index (χ3n) is 2.84. The first-order chi connectivity index (χ1) is 9.86. The van der Waals surface area contributed by atoms with Crippen LogP contribution in [0.25, 0.3) is 0 Å². The molecule has 114 valence electrons. The van der Waals surface area contributed by atoms with E-state index < -0.39 is 23.9 Å². The van der Waals surface area contributed by atoms with Crippen LogP contribution in [0.3, 0.4) is 0 Å². The first-order valence-corrected chi connectivity index (χ1v) is 6.41. The zero-order valence-electron chi connectivity index (χ0n) is 12.2. The number of carbonyl (C=O) groups is 3. The van der Waals surface area contributed by atoms with Crippen molar-refractivity contribution in [1.29, 1.82) is 0 Å². The maximum Gasteiger partial charge on any atom is 0.339 e. The van der Waals surface area contributed by atoms with Crippen molar-refractivity contribution in [2.24, 2.45) is 11.7 Å². The lowest BCUT2D eigenvalue weighted by Gasteiger charge is -2.21. The molecule has 0 aromatic heterocycles. The fraction of sp³-hybridized carbons (Fsp3) is 0.357. The van der Waals surface area contributed by atoms with Crippen LogP contribution in [0.2, 0.25) is 0 Å². The minimum atomic E-state index is -0.798. The summed E-state index contributed by atoms with van der Waals surface area (Å²) in [6.07, 6.45) is 0. The van der Waals surface area contributed by atoms with Gasteiger partial charge in [0.2, 0.25) is 5.91 Å². The molecule has 0 radical (unpaired) electrons. The van der Waals surface area contributed by atoms with E-state index in [-0.39, 0.29) is 11.5 Å². The molecule has 1 rings (SSSR count). The molecule has 0 aliphatic carbocycles. The van der Waals surface area contributed by atoms with Gasteiger partial charge in [-0.2, -0.15) is 0 Å². The number of nitrogens with one attached hydrogen (secondary N) is 2. The number of anilines is 1. The van der Waals surface area contributed by atoms with Gasteiger partial charge in [-0.15, -0.1) is 0 Å². The van der Waals surface area contributed by atoms with Gasteiger partial charge in [-0.25, -0.2) is 9.59 Å². The Morgan fingerprint density at radius 3 is 2.33 bits per heavy atom. The second-order valence-corrected chi connectivity index (χ2v) is 4.76. The van der Waals surface area contributed by atoms with Crippen molar-refractivity contribution in [2.45, 2.75) is 19.9 Å². The Bertz CT molecular complexity index is 543. The van der Waals surface area contributed by atoms with Gasteiger partial charge in [0, 0.05) is 0 Å². The van der Waals surface area contributed by atoms with Crippen LogP contribution in [-0.2, 0) is 9.53 Å². The Morgan fingerprint density at radius 2 is 1.81 bits per heavy atom. The number of primary amides is 1. The van der Waals surface area contributed by atoms with Crippen LogP contribution in [0.15, 0.2) is 24.3 Å². The zero-order valence-corrected chi connectivity index (χ0v) is 12.2. The topological polar surface area (TPSA) is 111 Å². The van der Waals surface area contributed by atoms with Gasteiger partial charge in [-0.05, 0) is 18.1 Å². The van der Waals surface area contributed by atoms with Gasteiger partial charge < -0.3 is 21.1 Å². The smallest absolute Gasteiger partial charge is 0.339 e. The maximum atomic E-state index is 12.2. The van der Waals surface area contributed by atoms with Gasteiger partial charge >= 0.3 is 12.0 Å². The van der Waals surface area contributed by atoms with Gasteiger partial charge in [-0.3, -0.25) is 4.79 Å². The van der Waals surface area contributed by atoms with E-state index >= 15 is 0 Å². The number of hydrogen-bond donors (Lipinski definition) is 3. The van der Waals surface area contributed by atoms with Gasteiger partial charge in [0.1, 0.15) is 6.04 Å². The Balaban J connectivity index is 2.96. The highest BCUT2D eigenvalue weighted by atomic mass is 16.5. The number of amides is 3. The van der Waals surface area contributed by atoms with Crippen molar-refractivity contribution in [2.75, 3.05) is 12.4 Å². The minimum Gasteiger partial charge on any atom is -0.465 e. The van der Waals surface area contributed by atoms with Crippen LogP contribution in [-0.4, -0.2) is 31.1 Å². The fourth-order valence-electron chi connectivity index (χ4n) is 1.78. The van der Waals surface area contributed by atoms with Gasteiger partial charge in [0.15, 0.2) is 0 Å². The molecule has 0 aliphatic rings. The third-order valence-corrected chi connectivity index (χ3v) is 2.84. The molecule has 3 amide bonds. The number of urea groups is 1. The van der Waals surface area contributed by atoms with Gasteiger partial charge in [0.25, 0.3) is 0 Å². The van der Waals surface area contributed by atoms with Crippen LogP contribution >= 0.6 is 0 Å². The Hall–Kier alpha value is -2.57. The number of hydrogen-bond acceptors (Lipinski definition) is 4. The summed E-state index contributed by atoms with van der Waals surface area (Å²) in [4.78, 5) is 34.8. The zero-order chi connectivity index (χ0) is 16.0. The molecule has 0 bridgehead atoms. The molecule has 0 saturated carbocycles. The molecule has 7 nitrogen and oxygen atoms in total. The number of nitrogens with two attached hydrogens (primary N) is 1. The van der Waals surface area contributed by atoms with Crippen LogP contribution in [0.1, 0.15) is 24.2 Å². The molecule has 7 heteroatoms. The van der Waals surface area contributed by atoms with Crippen LogP contribution in [0.5, 0.6) is 0 Å². The van der Waals surface area contributed by atoms with E-state index in [2.05, 4.69) is 15.4 Å². The van der Waals surface area contributed by atoms with Crippen molar-refractivity contribution >= 4 is 23.6 Å². The number of esters is 1. The van der Waals surface area contributed by atoms with E-state index in [1.165, 1.54) is 13.2 Å². The SMILES string of the molecule is COC(=O)c1ccccc1NC(=O)C(NC(N)=O)C(C)C. The molecule has 21 heavy (non-hydrogen) atoms. The minimum absolute atomic E-state index is 0.164. The molecule has 4 N–H and O–H groups in total. The summed E-state index contributed by atoms with van der Waals surface area (Å²) in [5.74, 6) is -1.18. The summed E-state index contributed by atoms with van der Waals surface area (Å²) < 4.78 is 4.65. The van der Waals surface area contributed by atoms with Crippen molar-refractivity contribution in [3.8, 4) is 0 Å². The van der Waals surface area contributed by atoms with E-state index in [0.29, 0.717) is 5.69 Å². The summed E-state index contributed by atoms with van der Waals surface area (Å²) in [6, 6.07) is 4.86. The number of methoxy groups -OCH3 is 1. The first kappa shape index (κ1) is 16.5. The monoisotopic (exact) mass is 293 g/mol. The van der Waals surface area contributed by atoms with Gasteiger partial charge in [-0.1, -0.05) is 26.0 Å². The molecular weight excluding hydrogens is 274 g/mol. The summed E-state index contributed by atoms with van der Waals surface area (Å²) in [5, 5.41) is 4.98. The molecule has 0 spiro atoms. The largest absolute Gasteiger partial charge is 0.465 e. The second-order valence-electron chi connectivity index (χ2n) is 4.76. The van der Waals surface area contributed by atoms with Crippen LogP contribution in [0, 0.1) is 5.92 Å². The molecule has 1 aromatic rings. The number of benzene rings is 1. The molecule has 0 fully saturated rings. The number of rotatable bonds is 5. The lowest BCUT2D eigenvalue weighted by molar-refractivity contribution is -0.118. The molecule has 1 aromatic carbocycles. The summed E-state index contributed by atoms with van der Waals surface area (Å²) in [5.41, 5.74) is 5.60. The lowest BCUT2D eigenvalue weighted by Crippen LogP contribution is -2.49. The number of carbonyl (C=O) groups excluding carboxylic acids is 3. The highest BCUT2D eigenvalue weighted by Gasteiger charge is 2.24. The van der Waals surface area contributed by atoms with Crippen molar-refractivity contribution in [1.82, 2.24) is 5.32 Å². The van der Waals surface area contributed by atoms with Crippen LogP contribution in [0.4, 0.5) is 10.5 Å². The molecule has 1 unspecified atom stereocenters. The molecule has 0 saturated heterocycles. The van der Waals surface area contributed by atoms with Crippen molar-refractivity contribution in [3.05, 3.63) is 29.8 Å². The van der Waals surface area contributed by atoms with E-state index in [9.17, 15) is 14.4 Å². The van der Waals surface area contributed by atoms with E-state index in [0.717, 1.165) is 0 Å². The predicted octanol–water partition coefficient (Wildman–Crippen LogP) is 1.10. The normalized spacial score (nSPS) is 11.6. The quantitative estimate of drug-likeness (QED) is 0.706. The molecule has 0 aliphatic heterocycles. The highest BCUT2D eigenvalue weighted by Crippen LogP contribution is 2.17. The first-order valence-electron chi connectivity index (χ1n) is 6.41. The fourth-order valence-corrected chi connectivity index (χ4v) is 1.78. The average Bonchev–Trinajstić information content (AvgIpc) is 2.43. The Morgan fingerprint density at radius 1 is 1.19 bits per heavy atom. The molecule has 0 heterocycles. The van der Waals surface area contributed by atoms with Crippen molar-refractivity contribution < 1.29 is 19.1 Å². The van der Waals surface area contributed by atoms with Gasteiger partial charge in [0.05, 0.1) is 18.4 Å². The van der Waals surface area contributed by atoms with E-state index in [4.69, 9.17) is 5.73 Å². The summed E-state index contributed by atoms with van der Waals surface area (Å²) >= 11 is 0. The number of ether oxygens (including phenoxy) is 1. The van der Waals surface area contributed by atoms with E-state index in [1.54, 1.807) is 32.0 Å². The predicted molar refractivity (Wildman–Crippen MR) is 77.8 cm³/mol. The Labute approximate surface area is 122 Å². The standard InChI is InChI=1S/C14H19N3O4/c1-8(2)11(17-14(15)20)12(18)16-10-7-5-4-6-9(10)13(19)21-3/h4-8,11H,1-3H3,(H,16,18)(H3,15,17,20). The lowest BCUT2D eigenvalue weighted by atomic mass is 10.0. The highest BCUT2D eigenvalue weighted by molar-refractivity contribution is 6.03. The maximum absolute atomic E-state index is 12.2. The van der Waals surface area contributed by atoms with E-state index in [1.807, 2.05) is 0 Å². The van der Waals surface area contributed by atoms with Crippen LogP contribution < -0.4 is 16.4 Å². The number of para-hydroxylation sites is 1. The molecule has 1 atom stereocenters. The third kappa shape index (κ3) is 4.48. The second kappa shape index (κ2) is 7.28. The molecular formula is C14H19N3O4.